The Morgan fingerprint density at radius 2 is 1.70 bits per heavy atom. The summed E-state index contributed by atoms with van der Waals surface area (Å²) < 4.78 is 5.13. The molecule has 0 radical (unpaired) electrons. The molecule has 4 heteroatoms. The fourth-order valence-electron chi connectivity index (χ4n) is 2.16. The number of rotatable bonds is 5. The summed E-state index contributed by atoms with van der Waals surface area (Å²) in [6, 6.07) is 14.7. The number of hydrogen-bond donors (Lipinski definition) is 0. The number of nitro benzene ring substituents is 1. The van der Waals surface area contributed by atoms with Crippen LogP contribution >= 0.6 is 0 Å². The van der Waals surface area contributed by atoms with Crippen LogP contribution in [0.3, 0.4) is 0 Å². The van der Waals surface area contributed by atoms with E-state index < -0.39 is 0 Å². The van der Waals surface area contributed by atoms with E-state index in [9.17, 15) is 10.1 Å². The highest BCUT2D eigenvalue weighted by molar-refractivity contribution is 5.35. The van der Waals surface area contributed by atoms with E-state index in [1.807, 2.05) is 36.4 Å². The van der Waals surface area contributed by atoms with Gasteiger partial charge in [-0.1, -0.05) is 31.2 Å². The Morgan fingerprint density at radius 3 is 2.20 bits per heavy atom. The SMILES string of the molecule is COc1ccc(CC(C)c2ccc([N+](=O)[O-])cc2)cc1. The van der Waals surface area contributed by atoms with Crippen molar-refractivity contribution in [2.75, 3.05) is 7.11 Å². The molecule has 20 heavy (non-hydrogen) atoms. The van der Waals surface area contributed by atoms with Gasteiger partial charge in [0.1, 0.15) is 5.75 Å². The highest BCUT2D eigenvalue weighted by Gasteiger charge is 2.10. The average molecular weight is 271 g/mol. The van der Waals surface area contributed by atoms with Gasteiger partial charge in [-0.3, -0.25) is 10.1 Å². The monoisotopic (exact) mass is 271 g/mol. The van der Waals surface area contributed by atoms with Gasteiger partial charge in [0.2, 0.25) is 0 Å². The summed E-state index contributed by atoms with van der Waals surface area (Å²) in [5.41, 5.74) is 2.45. The van der Waals surface area contributed by atoms with Crippen LogP contribution in [0.2, 0.25) is 0 Å². The van der Waals surface area contributed by atoms with Crippen molar-refractivity contribution in [1.29, 1.82) is 0 Å². The molecule has 0 aliphatic heterocycles. The third-order valence-electron chi connectivity index (χ3n) is 3.37. The first-order valence-corrected chi connectivity index (χ1v) is 6.47. The van der Waals surface area contributed by atoms with Gasteiger partial charge in [-0.25, -0.2) is 0 Å². The molecule has 104 valence electrons. The van der Waals surface area contributed by atoms with Crippen LogP contribution in [0.1, 0.15) is 24.0 Å². The van der Waals surface area contributed by atoms with Gasteiger partial charge in [0.25, 0.3) is 5.69 Å². The molecular weight excluding hydrogens is 254 g/mol. The Morgan fingerprint density at radius 1 is 1.10 bits per heavy atom. The summed E-state index contributed by atoms with van der Waals surface area (Å²) in [6.45, 7) is 2.12. The molecule has 2 aromatic rings. The average Bonchev–Trinajstić information content (AvgIpc) is 2.48. The zero-order valence-electron chi connectivity index (χ0n) is 11.6. The summed E-state index contributed by atoms with van der Waals surface area (Å²) in [5.74, 6) is 1.15. The van der Waals surface area contributed by atoms with E-state index in [1.165, 1.54) is 5.56 Å². The van der Waals surface area contributed by atoms with Crippen molar-refractivity contribution in [3.63, 3.8) is 0 Å². The third kappa shape index (κ3) is 3.35. The smallest absolute Gasteiger partial charge is 0.269 e. The summed E-state index contributed by atoms with van der Waals surface area (Å²) in [5, 5.41) is 10.6. The lowest BCUT2D eigenvalue weighted by molar-refractivity contribution is -0.384. The second kappa shape index (κ2) is 6.19. The Kier molecular flexibility index (Phi) is 4.35. The maximum Gasteiger partial charge on any atom is 0.269 e. The van der Waals surface area contributed by atoms with E-state index in [1.54, 1.807) is 19.2 Å². The molecule has 0 saturated carbocycles. The first-order chi connectivity index (χ1) is 9.60. The van der Waals surface area contributed by atoms with Crippen LogP contribution in [0, 0.1) is 10.1 Å². The standard InChI is InChI=1S/C16H17NO3/c1-12(11-13-3-9-16(20-2)10-4-13)14-5-7-15(8-6-14)17(18)19/h3-10,12H,11H2,1-2H3. The van der Waals surface area contributed by atoms with Gasteiger partial charge in [-0.2, -0.15) is 0 Å². The summed E-state index contributed by atoms with van der Waals surface area (Å²) in [4.78, 5) is 10.3. The Labute approximate surface area is 118 Å². The zero-order valence-corrected chi connectivity index (χ0v) is 11.6. The molecule has 0 heterocycles. The second-order valence-electron chi connectivity index (χ2n) is 4.80. The molecule has 1 unspecified atom stereocenters. The van der Waals surface area contributed by atoms with Crippen molar-refractivity contribution < 1.29 is 9.66 Å². The van der Waals surface area contributed by atoms with Crippen LogP contribution in [0.25, 0.3) is 0 Å². The number of methoxy groups -OCH3 is 1. The number of non-ortho nitro benzene ring substituents is 1. The minimum Gasteiger partial charge on any atom is -0.497 e. The number of benzene rings is 2. The number of hydrogen-bond acceptors (Lipinski definition) is 3. The molecule has 0 fully saturated rings. The lowest BCUT2D eigenvalue weighted by atomic mass is 9.93. The molecule has 0 spiro atoms. The van der Waals surface area contributed by atoms with Gasteiger partial charge in [-0.15, -0.1) is 0 Å². The molecule has 0 N–H and O–H groups in total. The maximum absolute atomic E-state index is 10.6. The fraction of sp³-hybridized carbons (Fsp3) is 0.250. The molecule has 0 aliphatic carbocycles. The molecule has 1 atom stereocenters. The molecule has 2 rings (SSSR count). The fourth-order valence-corrected chi connectivity index (χ4v) is 2.16. The highest BCUT2D eigenvalue weighted by atomic mass is 16.6. The van der Waals surface area contributed by atoms with Crippen molar-refractivity contribution in [3.8, 4) is 5.75 Å². The minimum absolute atomic E-state index is 0.130. The molecule has 2 aromatic carbocycles. The first-order valence-electron chi connectivity index (χ1n) is 6.47. The van der Waals surface area contributed by atoms with E-state index in [-0.39, 0.29) is 10.6 Å². The molecule has 4 nitrogen and oxygen atoms in total. The van der Waals surface area contributed by atoms with Crippen molar-refractivity contribution in [2.45, 2.75) is 19.3 Å². The van der Waals surface area contributed by atoms with Gasteiger partial charge in [0.05, 0.1) is 12.0 Å². The molecule has 0 aromatic heterocycles. The molecular formula is C16H17NO3. The summed E-state index contributed by atoms with van der Waals surface area (Å²) in [6.07, 6.45) is 0.891. The van der Waals surface area contributed by atoms with E-state index >= 15 is 0 Å². The Hall–Kier alpha value is -2.36. The van der Waals surface area contributed by atoms with E-state index in [0.717, 1.165) is 17.7 Å². The van der Waals surface area contributed by atoms with E-state index in [2.05, 4.69) is 6.92 Å². The number of nitrogens with zero attached hydrogens (tertiary/aromatic N) is 1. The normalized spacial score (nSPS) is 11.9. The topological polar surface area (TPSA) is 52.4 Å². The van der Waals surface area contributed by atoms with Crippen molar-refractivity contribution >= 4 is 5.69 Å². The van der Waals surface area contributed by atoms with E-state index in [4.69, 9.17) is 4.74 Å². The quantitative estimate of drug-likeness (QED) is 0.611. The summed E-state index contributed by atoms with van der Waals surface area (Å²) in [7, 11) is 1.65. The molecule has 0 bridgehead atoms. The largest absolute Gasteiger partial charge is 0.497 e. The van der Waals surface area contributed by atoms with Crippen LogP contribution in [-0.4, -0.2) is 12.0 Å². The highest BCUT2D eigenvalue weighted by Crippen LogP contribution is 2.23. The number of ether oxygens (including phenoxy) is 1. The zero-order chi connectivity index (χ0) is 14.5. The van der Waals surface area contributed by atoms with Crippen LogP contribution in [-0.2, 0) is 6.42 Å². The van der Waals surface area contributed by atoms with E-state index in [0.29, 0.717) is 5.92 Å². The maximum atomic E-state index is 10.6. The Balaban J connectivity index is 2.06. The lowest BCUT2D eigenvalue weighted by Crippen LogP contribution is -1.99. The Bertz CT molecular complexity index is 576. The van der Waals surface area contributed by atoms with Crippen LogP contribution in [0.5, 0.6) is 5.75 Å². The van der Waals surface area contributed by atoms with Gasteiger partial charge < -0.3 is 4.74 Å². The van der Waals surface area contributed by atoms with Gasteiger partial charge in [-0.05, 0) is 35.6 Å². The van der Waals surface area contributed by atoms with Crippen molar-refractivity contribution in [2.24, 2.45) is 0 Å². The summed E-state index contributed by atoms with van der Waals surface area (Å²) >= 11 is 0. The van der Waals surface area contributed by atoms with Crippen LogP contribution < -0.4 is 4.74 Å². The van der Waals surface area contributed by atoms with Gasteiger partial charge in [0.15, 0.2) is 0 Å². The third-order valence-corrected chi connectivity index (χ3v) is 3.37. The van der Waals surface area contributed by atoms with Gasteiger partial charge in [0, 0.05) is 12.1 Å². The number of nitro groups is 1. The van der Waals surface area contributed by atoms with Crippen molar-refractivity contribution in [1.82, 2.24) is 0 Å². The molecule has 0 saturated heterocycles. The minimum atomic E-state index is -0.377. The van der Waals surface area contributed by atoms with Crippen molar-refractivity contribution in [3.05, 3.63) is 69.8 Å². The molecule has 0 amide bonds. The van der Waals surface area contributed by atoms with Crippen LogP contribution in [0.15, 0.2) is 48.5 Å². The predicted molar refractivity (Wildman–Crippen MR) is 78.2 cm³/mol. The molecule has 0 aliphatic rings. The van der Waals surface area contributed by atoms with Crippen LogP contribution in [0.4, 0.5) is 5.69 Å². The predicted octanol–water partition coefficient (Wildman–Crippen LogP) is 3.95. The lowest BCUT2D eigenvalue weighted by Gasteiger charge is -2.12. The first kappa shape index (κ1) is 14.1. The second-order valence-corrected chi connectivity index (χ2v) is 4.80. The van der Waals surface area contributed by atoms with Gasteiger partial charge >= 0.3 is 0 Å².